The minimum absolute atomic E-state index is 0.172. The molecule has 0 saturated carbocycles. The highest BCUT2D eigenvalue weighted by Gasteiger charge is 2.09. The minimum Gasteiger partial charge on any atom is -0.388 e. The third kappa shape index (κ3) is 2.60. The predicted octanol–water partition coefficient (Wildman–Crippen LogP) is 1.07. The van der Waals surface area contributed by atoms with Crippen molar-refractivity contribution >= 4 is 5.78 Å². The van der Waals surface area contributed by atoms with Crippen molar-refractivity contribution in [1.82, 2.24) is 0 Å². The van der Waals surface area contributed by atoms with Gasteiger partial charge in [0.2, 0.25) is 0 Å². The lowest BCUT2D eigenvalue weighted by Crippen LogP contribution is -2.13. The van der Waals surface area contributed by atoms with E-state index >= 15 is 0 Å². The van der Waals surface area contributed by atoms with E-state index in [-0.39, 0.29) is 11.4 Å². The number of carbonyl (C=O) groups excluding carboxylic acids is 1. The SMILES string of the molecule is C=CCC(O)C(=C)C(C)=O. The van der Waals surface area contributed by atoms with Gasteiger partial charge in [0.05, 0.1) is 6.10 Å². The second kappa shape index (κ2) is 4.01. The summed E-state index contributed by atoms with van der Waals surface area (Å²) in [5, 5.41) is 9.10. The largest absolute Gasteiger partial charge is 0.388 e. The first-order chi connectivity index (χ1) is 4.59. The lowest BCUT2D eigenvalue weighted by Gasteiger charge is -2.06. The average Bonchev–Trinajstić information content (AvgIpc) is 1.87. The quantitative estimate of drug-likeness (QED) is 0.468. The first-order valence-electron chi connectivity index (χ1n) is 3.08. The fourth-order valence-corrected chi connectivity index (χ4v) is 0.535. The summed E-state index contributed by atoms with van der Waals surface area (Å²) < 4.78 is 0. The Balaban J connectivity index is 3.94. The Morgan fingerprint density at radius 3 is 2.60 bits per heavy atom. The standard InChI is InChI=1S/C8H12O2/c1-4-5-8(10)6(2)7(3)9/h4,8,10H,1-2,5H2,3H3. The third-order valence-electron chi connectivity index (χ3n) is 1.24. The minimum atomic E-state index is -0.755. The molecular weight excluding hydrogens is 128 g/mol. The predicted molar refractivity (Wildman–Crippen MR) is 40.6 cm³/mol. The van der Waals surface area contributed by atoms with Gasteiger partial charge in [-0.1, -0.05) is 12.7 Å². The molecule has 10 heavy (non-hydrogen) atoms. The number of hydrogen-bond acceptors (Lipinski definition) is 2. The van der Waals surface area contributed by atoms with Gasteiger partial charge in [-0.25, -0.2) is 0 Å². The summed E-state index contributed by atoms with van der Waals surface area (Å²) in [4.78, 5) is 10.6. The van der Waals surface area contributed by atoms with Gasteiger partial charge in [0.1, 0.15) is 0 Å². The van der Waals surface area contributed by atoms with Crippen LogP contribution < -0.4 is 0 Å². The van der Waals surface area contributed by atoms with Crippen LogP contribution >= 0.6 is 0 Å². The van der Waals surface area contributed by atoms with E-state index < -0.39 is 6.10 Å². The molecule has 2 nitrogen and oxygen atoms in total. The molecule has 0 fully saturated rings. The number of aliphatic hydroxyl groups excluding tert-OH is 1. The van der Waals surface area contributed by atoms with Crippen LogP contribution in [0.15, 0.2) is 24.8 Å². The van der Waals surface area contributed by atoms with E-state index in [4.69, 9.17) is 5.11 Å². The van der Waals surface area contributed by atoms with Crippen molar-refractivity contribution in [2.75, 3.05) is 0 Å². The molecule has 0 aliphatic carbocycles. The molecule has 0 aromatic carbocycles. The fraction of sp³-hybridized carbons (Fsp3) is 0.375. The van der Waals surface area contributed by atoms with Crippen molar-refractivity contribution in [3.8, 4) is 0 Å². The maximum absolute atomic E-state index is 10.6. The van der Waals surface area contributed by atoms with Gasteiger partial charge in [0.25, 0.3) is 0 Å². The van der Waals surface area contributed by atoms with Crippen LogP contribution in [0.2, 0.25) is 0 Å². The van der Waals surface area contributed by atoms with E-state index in [1.807, 2.05) is 0 Å². The monoisotopic (exact) mass is 140 g/mol. The van der Waals surface area contributed by atoms with Gasteiger partial charge in [0.15, 0.2) is 5.78 Å². The highest BCUT2D eigenvalue weighted by molar-refractivity contribution is 5.93. The van der Waals surface area contributed by atoms with Crippen LogP contribution in [-0.2, 0) is 4.79 Å². The summed E-state index contributed by atoms with van der Waals surface area (Å²) in [5.41, 5.74) is 0.250. The number of aliphatic hydroxyl groups is 1. The van der Waals surface area contributed by atoms with Crippen LogP contribution in [0, 0.1) is 0 Å². The highest BCUT2D eigenvalue weighted by Crippen LogP contribution is 2.04. The molecule has 0 aliphatic heterocycles. The number of hydrogen-bond donors (Lipinski definition) is 1. The van der Waals surface area contributed by atoms with E-state index in [0.717, 1.165) is 0 Å². The normalized spacial score (nSPS) is 12.2. The van der Waals surface area contributed by atoms with Crippen LogP contribution in [0.1, 0.15) is 13.3 Å². The fourth-order valence-electron chi connectivity index (χ4n) is 0.535. The molecule has 0 heterocycles. The topological polar surface area (TPSA) is 37.3 Å². The summed E-state index contributed by atoms with van der Waals surface area (Å²) >= 11 is 0. The first kappa shape index (κ1) is 9.11. The van der Waals surface area contributed by atoms with Gasteiger partial charge >= 0.3 is 0 Å². The molecule has 0 saturated heterocycles. The number of ketones is 1. The molecule has 1 N–H and O–H groups in total. The van der Waals surface area contributed by atoms with Crippen LogP contribution in [0.3, 0.4) is 0 Å². The summed E-state index contributed by atoms with van der Waals surface area (Å²) in [7, 11) is 0. The lowest BCUT2D eigenvalue weighted by atomic mass is 10.1. The Bertz CT molecular complexity index is 159. The van der Waals surface area contributed by atoms with Gasteiger partial charge in [-0.2, -0.15) is 0 Å². The van der Waals surface area contributed by atoms with Crippen LogP contribution in [0.4, 0.5) is 0 Å². The molecule has 0 aromatic rings. The van der Waals surface area contributed by atoms with E-state index in [9.17, 15) is 4.79 Å². The van der Waals surface area contributed by atoms with Crippen LogP contribution in [0.5, 0.6) is 0 Å². The second-order valence-electron chi connectivity index (χ2n) is 2.12. The molecule has 0 radical (unpaired) electrons. The van der Waals surface area contributed by atoms with Gasteiger partial charge in [0, 0.05) is 5.57 Å². The molecule has 0 aromatic heterocycles. The van der Waals surface area contributed by atoms with Gasteiger partial charge in [-0.3, -0.25) is 4.79 Å². The van der Waals surface area contributed by atoms with Crippen molar-refractivity contribution < 1.29 is 9.90 Å². The average molecular weight is 140 g/mol. The number of rotatable bonds is 4. The van der Waals surface area contributed by atoms with Gasteiger partial charge in [-0.15, -0.1) is 6.58 Å². The summed E-state index contributed by atoms with van der Waals surface area (Å²) in [6.07, 6.45) is 1.19. The molecule has 0 amide bonds. The Kier molecular flexibility index (Phi) is 3.65. The third-order valence-corrected chi connectivity index (χ3v) is 1.24. The van der Waals surface area contributed by atoms with Crippen molar-refractivity contribution in [1.29, 1.82) is 0 Å². The van der Waals surface area contributed by atoms with Crippen molar-refractivity contribution in [2.24, 2.45) is 0 Å². The molecular formula is C8H12O2. The molecule has 0 bridgehead atoms. The van der Waals surface area contributed by atoms with E-state index in [2.05, 4.69) is 13.2 Å². The maximum Gasteiger partial charge on any atom is 0.157 e. The highest BCUT2D eigenvalue weighted by atomic mass is 16.3. The van der Waals surface area contributed by atoms with Crippen LogP contribution in [-0.4, -0.2) is 17.0 Å². The van der Waals surface area contributed by atoms with E-state index in [0.29, 0.717) is 6.42 Å². The Morgan fingerprint density at radius 2 is 2.30 bits per heavy atom. The number of Topliss-reactive ketones (excluding diaryl/α,β-unsaturated/α-hetero) is 1. The van der Waals surface area contributed by atoms with E-state index in [1.54, 1.807) is 6.08 Å². The molecule has 0 rings (SSSR count). The molecule has 1 atom stereocenters. The van der Waals surface area contributed by atoms with E-state index in [1.165, 1.54) is 6.92 Å². The molecule has 0 spiro atoms. The zero-order chi connectivity index (χ0) is 8.15. The lowest BCUT2D eigenvalue weighted by molar-refractivity contribution is -0.114. The molecule has 2 heteroatoms. The molecule has 0 aliphatic rings. The molecule has 1 unspecified atom stereocenters. The Hall–Kier alpha value is -0.890. The van der Waals surface area contributed by atoms with Gasteiger partial charge in [-0.05, 0) is 13.3 Å². The summed E-state index contributed by atoms with van der Waals surface area (Å²) in [6.45, 7) is 8.24. The van der Waals surface area contributed by atoms with Gasteiger partial charge < -0.3 is 5.11 Å². The zero-order valence-electron chi connectivity index (χ0n) is 6.13. The summed E-state index contributed by atoms with van der Waals surface area (Å²) in [6, 6.07) is 0. The summed E-state index contributed by atoms with van der Waals surface area (Å²) in [5.74, 6) is -0.172. The first-order valence-corrected chi connectivity index (χ1v) is 3.08. The smallest absolute Gasteiger partial charge is 0.157 e. The number of carbonyl (C=O) groups is 1. The maximum atomic E-state index is 10.6. The second-order valence-corrected chi connectivity index (χ2v) is 2.12. The Labute approximate surface area is 60.9 Å². The molecule has 56 valence electrons. The van der Waals surface area contributed by atoms with Crippen molar-refractivity contribution in [3.63, 3.8) is 0 Å². The van der Waals surface area contributed by atoms with Crippen molar-refractivity contribution in [2.45, 2.75) is 19.4 Å². The Morgan fingerprint density at radius 1 is 1.80 bits per heavy atom. The van der Waals surface area contributed by atoms with Crippen molar-refractivity contribution in [3.05, 3.63) is 24.8 Å². The zero-order valence-corrected chi connectivity index (χ0v) is 6.13. The van der Waals surface area contributed by atoms with Crippen LogP contribution in [0.25, 0.3) is 0 Å².